The summed E-state index contributed by atoms with van der Waals surface area (Å²) in [5, 5.41) is 19.1. The first-order valence-electron chi connectivity index (χ1n) is 5.20. The van der Waals surface area contributed by atoms with E-state index in [1.807, 2.05) is 0 Å². The number of aliphatic carboxylic acids is 1. The third-order valence-corrected chi connectivity index (χ3v) is 2.24. The van der Waals surface area contributed by atoms with E-state index in [4.69, 9.17) is 5.11 Å². The second-order valence-electron chi connectivity index (χ2n) is 3.52. The molecule has 100 valence electrons. The molecule has 0 heterocycles. The highest BCUT2D eigenvalue weighted by molar-refractivity contribution is 5.94. The van der Waals surface area contributed by atoms with Gasteiger partial charge in [-0.05, 0) is 11.6 Å². The van der Waals surface area contributed by atoms with Gasteiger partial charge in [-0.25, -0.2) is 4.79 Å². The molecule has 0 atom stereocenters. The predicted molar refractivity (Wildman–Crippen MR) is 65.7 cm³/mol. The van der Waals surface area contributed by atoms with Gasteiger partial charge in [0.25, 0.3) is 5.69 Å². The fourth-order valence-electron chi connectivity index (χ4n) is 1.38. The highest BCUT2D eigenvalue weighted by Crippen LogP contribution is 2.20. The average Bonchev–Trinajstić information content (AvgIpc) is 2.37. The summed E-state index contributed by atoms with van der Waals surface area (Å²) >= 11 is 0. The molecule has 0 amide bonds. The number of esters is 1. The maximum absolute atomic E-state index is 11.5. The number of nitro benzene ring substituents is 1. The van der Waals surface area contributed by atoms with Crippen LogP contribution in [0, 0.1) is 10.1 Å². The van der Waals surface area contributed by atoms with E-state index in [1.165, 1.54) is 24.3 Å². The van der Waals surface area contributed by atoms with E-state index < -0.39 is 16.9 Å². The topological polar surface area (TPSA) is 107 Å². The van der Waals surface area contributed by atoms with Gasteiger partial charge in [-0.3, -0.25) is 14.9 Å². The van der Waals surface area contributed by atoms with Gasteiger partial charge < -0.3 is 9.84 Å². The highest BCUT2D eigenvalue weighted by atomic mass is 16.6. The van der Waals surface area contributed by atoms with Crippen LogP contribution in [0.4, 0.5) is 5.69 Å². The van der Waals surface area contributed by atoms with Crippen LogP contribution in [0.2, 0.25) is 0 Å². The third kappa shape index (κ3) is 3.91. The first-order valence-corrected chi connectivity index (χ1v) is 5.20. The van der Waals surface area contributed by atoms with Crippen molar-refractivity contribution in [3.63, 3.8) is 0 Å². The Labute approximate surface area is 108 Å². The Hall–Kier alpha value is -2.70. The first kappa shape index (κ1) is 14.4. The molecule has 0 unspecified atom stereocenters. The zero-order chi connectivity index (χ0) is 14.4. The number of hydrogen-bond donors (Lipinski definition) is 1. The molecule has 7 heteroatoms. The van der Waals surface area contributed by atoms with Crippen molar-refractivity contribution in [1.29, 1.82) is 0 Å². The van der Waals surface area contributed by atoms with Crippen molar-refractivity contribution in [3.05, 3.63) is 45.5 Å². The fourth-order valence-corrected chi connectivity index (χ4v) is 1.38. The summed E-state index contributed by atoms with van der Waals surface area (Å²) in [5.74, 6) is -1.74. The monoisotopic (exact) mass is 265 g/mol. The van der Waals surface area contributed by atoms with E-state index in [1.54, 1.807) is 0 Å². The van der Waals surface area contributed by atoms with Gasteiger partial charge in [0.05, 0.1) is 24.0 Å². The lowest BCUT2D eigenvalue weighted by molar-refractivity contribution is -0.384. The molecule has 0 aliphatic heterocycles. The zero-order valence-corrected chi connectivity index (χ0v) is 10.0. The van der Waals surface area contributed by atoms with Crippen LogP contribution < -0.4 is 0 Å². The standard InChI is InChI=1S/C12H11NO6/c1-19-12(16)10-7-9(13(17)18)6-5-8(10)3-2-4-11(14)15/h2-3,5-7H,4H2,1H3,(H,14,15). The number of nitro groups is 1. The predicted octanol–water partition coefficient (Wildman–Crippen LogP) is 1.87. The Bertz CT molecular complexity index is 549. The summed E-state index contributed by atoms with van der Waals surface area (Å²) < 4.78 is 4.53. The minimum atomic E-state index is -1.02. The molecule has 0 aliphatic carbocycles. The number of carbonyl (C=O) groups excluding carboxylic acids is 1. The maximum atomic E-state index is 11.5. The van der Waals surface area contributed by atoms with Gasteiger partial charge in [-0.15, -0.1) is 0 Å². The van der Waals surface area contributed by atoms with E-state index in [0.29, 0.717) is 5.56 Å². The SMILES string of the molecule is COC(=O)c1cc([N+](=O)[O-])ccc1C=CCC(=O)O. The second kappa shape index (κ2) is 6.29. The number of benzene rings is 1. The fraction of sp³-hybridized carbons (Fsp3) is 0.167. The van der Waals surface area contributed by atoms with Gasteiger partial charge in [-0.2, -0.15) is 0 Å². The first-order chi connectivity index (χ1) is 8.95. The number of carboxylic acid groups (broad SMARTS) is 1. The molecule has 0 aromatic heterocycles. The van der Waals surface area contributed by atoms with Gasteiger partial charge in [0, 0.05) is 12.1 Å². The van der Waals surface area contributed by atoms with Crippen molar-refractivity contribution in [2.75, 3.05) is 7.11 Å². The lowest BCUT2D eigenvalue weighted by atomic mass is 10.1. The number of carboxylic acids is 1. The summed E-state index contributed by atoms with van der Waals surface area (Å²) in [4.78, 5) is 31.9. The van der Waals surface area contributed by atoms with Gasteiger partial charge >= 0.3 is 11.9 Å². The van der Waals surface area contributed by atoms with Gasteiger partial charge in [0.2, 0.25) is 0 Å². The van der Waals surface area contributed by atoms with Gasteiger partial charge in [-0.1, -0.05) is 12.2 Å². The van der Waals surface area contributed by atoms with Crippen molar-refractivity contribution < 1.29 is 24.4 Å². The van der Waals surface area contributed by atoms with Crippen LogP contribution in [-0.2, 0) is 9.53 Å². The molecule has 0 saturated heterocycles. The minimum absolute atomic E-state index is 0.0124. The number of hydrogen-bond acceptors (Lipinski definition) is 5. The normalized spacial score (nSPS) is 10.4. The van der Waals surface area contributed by atoms with E-state index in [9.17, 15) is 19.7 Å². The second-order valence-corrected chi connectivity index (χ2v) is 3.52. The molecule has 1 aromatic rings. The lowest BCUT2D eigenvalue weighted by Crippen LogP contribution is -2.04. The van der Waals surface area contributed by atoms with Crippen LogP contribution in [0.15, 0.2) is 24.3 Å². The summed E-state index contributed by atoms with van der Waals surface area (Å²) in [7, 11) is 1.16. The number of carbonyl (C=O) groups is 2. The van der Waals surface area contributed by atoms with Crippen LogP contribution in [0.25, 0.3) is 6.08 Å². The summed E-state index contributed by atoms with van der Waals surface area (Å²) in [6.07, 6.45) is 2.54. The number of non-ortho nitro benzene ring substituents is 1. The highest BCUT2D eigenvalue weighted by Gasteiger charge is 2.15. The molecule has 0 bridgehead atoms. The Morgan fingerprint density at radius 2 is 2.16 bits per heavy atom. The number of rotatable bonds is 5. The van der Waals surface area contributed by atoms with Crippen molar-refractivity contribution in [3.8, 4) is 0 Å². The van der Waals surface area contributed by atoms with Crippen molar-refractivity contribution in [2.24, 2.45) is 0 Å². The van der Waals surface area contributed by atoms with Crippen LogP contribution in [0.1, 0.15) is 22.3 Å². The molecule has 0 fully saturated rings. The van der Waals surface area contributed by atoms with E-state index in [2.05, 4.69) is 4.74 Å². The van der Waals surface area contributed by atoms with Crippen molar-refractivity contribution in [2.45, 2.75) is 6.42 Å². The number of nitrogens with zero attached hydrogens (tertiary/aromatic N) is 1. The van der Waals surface area contributed by atoms with E-state index >= 15 is 0 Å². The van der Waals surface area contributed by atoms with Gasteiger partial charge in [0.1, 0.15) is 0 Å². The molecule has 0 spiro atoms. The molecule has 0 saturated carbocycles. The van der Waals surface area contributed by atoms with Crippen LogP contribution in [0.3, 0.4) is 0 Å². The largest absolute Gasteiger partial charge is 0.481 e. The third-order valence-electron chi connectivity index (χ3n) is 2.24. The van der Waals surface area contributed by atoms with Crippen LogP contribution in [-0.4, -0.2) is 29.1 Å². The smallest absolute Gasteiger partial charge is 0.338 e. The minimum Gasteiger partial charge on any atom is -0.481 e. The molecule has 19 heavy (non-hydrogen) atoms. The Balaban J connectivity index is 3.16. The summed E-state index contributed by atoms with van der Waals surface area (Å²) in [5.41, 5.74) is 0.132. The quantitative estimate of drug-likeness (QED) is 0.494. The van der Waals surface area contributed by atoms with Gasteiger partial charge in [0.15, 0.2) is 0 Å². The molecule has 1 rings (SSSR count). The lowest BCUT2D eigenvalue weighted by Gasteiger charge is -2.03. The Morgan fingerprint density at radius 1 is 1.47 bits per heavy atom. The Kier molecular flexibility index (Phi) is 4.76. The Morgan fingerprint density at radius 3 is 2.68 bits per heavy atom. The van der Waals surface area contributed by atoms with E-state index in [-0.39, 0.29) is 17.7 Å². The molecule has 0 radical (unpaired) electrons. The summed E-state index contributed by atoms with van der Waals surface area (Å²) in [6.45, 7) is 0. The summed E-state index contributed by atoms with van der Waals surface area (Å²) in [6, 6.07) is 3.68. The zero-order valence-electron chi connectivity index (χ0n) is 10.0. The molecule has 0 aliphatic rings. The van der Waals surface area contributed by atoms with Crippen LogP contribution >= 0.6 is 0 Å². The van der Waals surface area contributed by atoms with Crippen molar-refractivity contribution in [1.82, 2.24) is 0 Å². The molecule has 1 aromatic carbocycles. The molecular weight excluding hydrogens is 254 g/mol. The van der Waals surface area contributed by atoms with Crippen molar-refractivity contribution >= 4 is 23.7 Å². The number of methoxy groups -OCH3 is 1. The molecule has 1 N–H and O–H groups in total. The average molecular weight is 265 g/mol. The maximum Gasteiger partial charge on any atom is 0.338 e. The van der Waals surface area contributed by atoms with E-state index in [0.717, 1.165) is 13.2 Å². The van der Waals surface area contributed by atoms with Crippen LogP contribution in [0.5, 0.6) is 0 Å². The molecule has 7 nitrogen and oxygen atoms in total. The number of ether oxygens (including phenoxy) is 1. The molecular formula is C12H11NO6.